The maximum atomic E-state index is 14.0. The molecule has 2 aromatic rings. The molecule has 6 rings (SSSR count). The highest BCUT2D eigenvalue weighted by atomic mass is 16.6. The first kappa shape index (κ1) is 24.6. The van der Waals surface area contributed by atoms with E-state index in [2.05, 4.69) is 41.6 Å². The minimum Gasteiger partial charge on any atom is -0.380 e. The molecular formula is C29H40N4O4. The van der Waals surface area contributed by atoms with Crippen molar-refractivity contribution in [3.63, 3.8) is 0 Å². The van der Waals surface area contributed by atoms with Gasteiger partial charge < -0.3 is 29.7 Å². The summed E-state index contributed by atoms with van der Waals surface area (Å²) in [6.07, 6.45) is 8.15. The Bertz CT molecular complexity index is 1120. The van der Waals surface area contributed by atoms with Gasteiger partial charge in [-0.05, 0) is 76.6 Å². The quantitative estimate of drug-likeness (QED) is 0.570. The van der Waals surface area contributed by atoms with Crippen molar-refractivity contribution < 1.29 is 20.4 Å². The van der Waals surface area contributed by atoms with Gasteiger partial charge in [0.15, 0.2) is 0 Å². The minimum atomic E-state index is -0.00195. The smallest absolute Gasteiger partial charge is 0.230 e. The summed E-state index contributed by atoms with van der Waals surface area (Å²) in [6.45, 7) is 6.10. The van der Waals surface area contributed by atoms with Crippen molar-refractivity contribution in [3.8, 4) is 0 Å². The van der Waals surface area contributed by atoms with Crippen LogP contribution >= 0.6 is 0 Å². The summed E-state index contributed by atoms with van der Waals surface area (Å²) in [5, 5.41) is 7.13. The Hall–Kier alpha value is -2.68. The molecule has 1 aliphatic carbocycles. The third-order valence-electron chi connectivity index (χ3n) is 8.06. The number of hydrogen-bond acceptors (Lipinski definition) is 7. The van der Waals surface area contributed by atoms with Crippen LogP contribution < -0.4 is 15.5 Å². The van der Waals surface area contributed by atoms with Gasteiger partial charge in [0.25, 0.3) is 0 Å². The lowest BCUT2D eigenvalue weighted by atomic mass is 9.86. The van der Waals surface area contributed by atoms with Gasteiger partial charge in [-0.1, -0.05) is 6.07 Å². The van der Waals surface area contributed by atoms with Gasteiger partial charge in [0, 0.05) is 31.4 Å². The van der Waals surface area contributed by atoms with E-state index in [-0.39, 0.29) is 43.7 Å². The Kier molecular flexibility index (Phi) is 7.06. The Morgan fingerprint density at radius 3 is 2.86 bits per heavy atom. The standard InChI is InChI=1S/C29H38N4O4.H2/c1-18(2)37-23-8-5-19(6-9-23)29(34)33-16-20-4-3-12-30-28(20)32-24-10-7-21(14-25(24)33)31-22-15-27-26(36-17-22)11-13-35-27;/h3-4,7,10,12,14,18-19,22-23,26-27,31H,5-6,8-9,11,13,15-17H2,1-2H3,(H,30,32);1H/t19?,22-,23?,26+,27+;/m0./s1. The fourth-order valence-corrected chi connectivity index (χ4v) is 6.22. The number of hydrogen-bond donors (Lipinski definition) is 2. The normalized spacial score (nSPS) is 29.1. The van der Waals surface area contributed by atoms with E-state index in [1.54, 1.807) is 6.20 Å². The zero-order chi connectivity index (χ0) is 25.4. The molecule has 1 aromatic heterocycles. The highest BCUT2D eigenvalue weighted by Crippen LogP contribution is 2.39. The lowest BCUT2D eigenvalue weighted by Gasteiger charge is -2.34. The molecule has 8 nitrogen and oxygen atoms in total. The topological polar surface area (TPSA) is 85.0 Å². The lowest BCUT2D eigenvalue weighted by molar-refractivity contribution is -0.124. The van der Waals surface area contributed by atoms with Crippen LogP contribution in [0.15, 0.2) is 36.5 Å². The zero-order valence-corrected chi connectivity index (χ0v) is 21.8. The minimum absolute atomic E-state index is 0. The Balaban J connectivity index is 0.00000294. The summed E-state index contributed by atoms with van der Waals surface area (Å²) >= 11 is 0. The molecule has 8 heteroatoms. The molecule has 37 heavy (non-hydrogen) atoms. The van der Waals surface area contributed by atoms with Crippen LogP contribution in [0, 0.1) is 5.92 Å². The molecule has 4 heterocycles. The number of carbonyl (C=O) groups is 1. The number of carbonyl (C=O) groups excluding carboxylic acids is 1. The Labute approximate surface area is 220 Å². The Morgan fingerprint density at radius 1 is 1.16 bits per heavy atom. The second kappa shape index (κ2) is 10.6. The fourth-order valence-electron chi connectivity index (χ4n) is 6.22. The van der Waals surface area contributed by atoms with E-state index in [1.807, 2.05) is 23.1 Å². The molecule has 3 aliphatic heterocycles. The lowest BCUT2D eigenvalue weighted by Crippen LogP contribution is -2.42. The van der Waals surface area contributed by atoms with Gasteiger partial charge in [0.1, 0.15) is 5.82 Å². The monoisotopic (exact) mass is 508 g/mol. The van der Waals surface area contributed by atoms with Crippen molar-refractivity contribution in [1.29, 1.82) is 0 Å². The van der Waals surface area contributed by atoms with Crippen LogP contribution in [-0.4, -0.2) is 54.6 Å². The number of pyridine rings is 1. The second-order valence-corrected chi connectivity index (χ2v) is 11.1. The van der Waals surface area contributed by atoms with Gasteiger partial charge in [0.05, 0.1) is 55.0 Å². The van der Waals surface area contributed by atoms with Gasteiger partial charge in [-0.2, -0.15) is 0 Å². The molecular weight excluding hydrogens is 468 g/mol. The molecule has 1 amide bonds. The van der Waals surface area contributed by atoms with Crippen molar-refractivity contribution in [1.82, 2.24) is 4.98 Å². The number of fused-ring (bicyclic) bond motifs is 3. The third kappa shape index (κ3) is 5.33. The van der Waals surface area contributed by atoms with E-state index in [4.69, 9.17) is 14.2 Å². The van der Waals surface area contributed by atoms with Gasteiger partial charge in [-0.15, -0.1) is 0 Å². The molecule has 0 bridgehead atoms. The van der Waals surface area contributed by atoms with Crippen molar-refractivity contribution in [2.24, 2.45) is 5.92 Å². The summed E-state index contributed by atoms with van der Waals surface area (Å²) in [5.74, 6) is 0.986. The number of benzene rings is 1. The predicted octanol–water partition coefficient (Wildman–Crippen LogP) is 5.26. The van der Waals surface area contributed by atoms with Crippen LogP contribution in [0.4, 0.5) is 22.9 Å². The first-order valence-corrected chi connectivity index (χ1v) is 13.8. The molecule has 0 unspecified atom stereocenters. The fraction of sp³-hybridized carbons (Fsp3) is 0.586. The number of rotatable bonds is 5. The van der Waals surface area contributed by atoms with Crippen LogP contribution in [0.3, 0.4) is 0 Å². The molecule has 4 aliphatic rings. The van der Waals surface area contributed by atoms with E-state index in [0.717, 1.165) is 73.6 Å². The van der Waals surface area contributed by atoms with E-state index in [9.17, 15) is 4.79 Å². The SMILES string of the molecule is CC(C)OC1CCC(C(=O)N2Cc3cccnc3Nc3ccc(N[C@@H]4CO[C@@H]5CCO[C@@H]5C4)cc32)CC1.[HH]. The number of amides is 1. The second-order valence-electron chi connectivity index (χ2n) is 11.1. The first-order valence-electron chi connectivity index (χ1n) is 13.8. The number of nitrogens with zero attached hydrogens (tertiary/aromatic N) is 2. The molecule has 3 atom stereocenters. The van der Waals surface area contributed by atoms with E-state index in [1.165, 1.54) is 0 Å². The highest BCUT2D eigenvalue weighted by molar-refractivity contribution is 6.00. The van der Waals surface area contributed by atoms with Crippen molar-refractivity contribution in [3.05, 3.63) is 42.1 Å². The van der Waals surface area contributed by atoms with Crippen LogP contribution in [0.2, 0.25) is 0 Å². The summed E-state index contributed by atoms with van der Waals surface area (Å²) < 4.78 is 17.9. The van der Waals surface area contributed by atoms with Crippen LogP contribution in [0.25, 0.3) is 0 Å². The first-order chi connectivity index (χ1) is 18.0. The van der Waals surface area contributed by atoms with Crippen LogP contribution in [0.1, 0.15) is 59.4 Å². The maximum Gasteiger partial charge on any atom is 0.230 e. The van der Waals surface area contributed by atoms with E-state index < -0.39 is 0 Å². The molecule has 1 saturated carbocycles. The molecule has 1 aromatic carbocycles. The van der Waals surface area contributed by atoms with Crippen LogP contribution in [-0.2, 0) is 25.5 Å². The summed E-state index contributed by atoms with van der Waals surface area (Å²) in [5.41, 5.74) is 3.78. The summed E-state index contributed by atoms with van der Waals surface area (Å²) in [6, 6.07) is 10.4. The molecule has 2 N–H and O–H groups in total. The summed E-state index contributed by atoms with van der Waals surface area (Å²) in [7, 11) is 0. The number of anilines is 4. The highest BCUT2D eigenvalue weighted by Gasteiger charge is 2.37. The van der Waals surface area contributed by atoms with E-state index >= 15 is 0 Å². The molecule has 0 radical (unpaired) electrons. The number of ether oxygens (including phenoxy) is 3. The van der Waals surface area contributed by atoms with E-state index in [0.29, 0.717) is 13.2 Å². The summed E-state index contributed by atoms with van der Waals surface area (Å²) in [4.78, 5) is 20.5. The molecule has 0 spiro atoms. The number of aromatic nitrogens is 1. The predicted molar refractivity (Wildman–Crippen MR) is 145 cm³/mol. The van der Waals surface area contributed by atoms with Gasteiger partial charge in [-0.25, -0.2) is 4.98 Å². The molecule has 200 valence electrons. The maximum absolute atomic E-state index is 14.0. The molecule has 2 saturated heterocycles. The largest absolute Gasteiger partial charge is 0.380 e. The van der Waals surface area contributed by atoms with Crippen molar-refractivity contribution in [2.45, 2.75) is 89.4 Å². The van der Waals surface area contributed by atoms with Crippen LogP contribution in [0.5, 0.6) is 0 Å². The average Bonchev–Trinajstić information content (AvgIpc) is 3.30. The van der Waals surface area contributed by atoms with Gasteiger partial charge >= 0.3 is 0 Å². The van der Waals surface area contributed by atoms with Gasteiger partial charge in [-0.3, -0.25) is 4.79 Å². The molecule has 3 fully saturated rings. The zero-order valence-electron chi connectivity index (χ0n) is 21.8. The number of nitrogens with one attached hydrogen (secondary N) is 2. The third-order valence-corrected chi connectivity index (χ3v) is 8.06. The van der Waals surface area contributed by atoms with Gasteiger partial charge in [0.2, 0.25) is 5.91 Å². The Morgan fingerprint density at radius 2 is 2.03 bits per heavy atom. The average molecular weight is 509 g/mol. The van der Waals surface area contributed by atoms with Crippen molar-refractivity contribution in [2.75, 3.05) is 28.7 Å². The van der Waals surface area contributed by atoms with Crippen molar-refractivity contribution >= 4 is 28.8 Å².